The van der Waals surface area contributed by atoms with Gasteiger partial charge in [0.05, 0.1) is 19.8 Å². The first-order valence-corrected chi connectivity index (χ1v) is 9.99. The Morgan fingerprint density at radius 2 is 1.90 bits per heavy atom. The summed E-state index contributed by atoms with van der Waals surface area (Å²) in [5.41, 5.74) is 4.95. The van der Waals surface area contributed by atoms with E-state index in [-0.39, 0.29) is 30.1 Å². The molecule has 158 valence electrons. The molecule has 0 aliphatic carbocycles. The molecule has 29 heavy (non-hydrogen) atoms. The van der Waals surface area contributed by atoms with Gasteiger partial charge in [-0.3, -0.25) is 4.99 Å². The molecule has 1 unspecified atom stereocenters. The normalized spacial score (nSPS) is 17.0. The van der Waals surface area contributed by atoms with Crippen LogP contribution in [0.15, 0.2) is 53.5 Å². The van der Waals surface area contributed by atoms with Crippen LogP contribution in [0.2, 0.25) is 0 Å². The maximum atomic E-state index is 6.04. The first kappa shape index (κ1) is 23.6. The van der Waals surface area contributed by atoms with E-state index in [0.717, 1.165) is 32.2 Å². The maximum Gasteiger partial charge on any atom is 0.194 e. The van der Waals surface area contributed by atoms with Gasteiger partial charge in [-0.1, -0.05) is 48.5 Å². The average molecular weight is 509 g/mol. The van der Waals surface area contributed by atoms with Crippen LogP contribution >= 0.6 is 24.0 Å². The lowest BCUT2D eigenvalue weighted by Crippen LogP contribution is -2.48. The van der Waals surface area contributed by atoms with Crippen LogP contribution in [0.1, 0.15) is 35.3 Å². The quantitative estimate of drug-likeness (QED) is 0.359. The topological polar surface area (TPSA) is 46.1 Å². The van der Waals surface area contributed by atoms with Crippen molar-refractivity contribution in [3.8, 4) is 0 Å². The molecule has 0 spiro atoms. The van der Waals surface area contributed by atoms with Crippen molar-refractivity contribution in [2.75, 3.05) is 33.4 Å². The van der Waals surface area contributed by atoms with Crippen molar-refractivity contribution in [2.45, 2.75) is 33.1 Å². The number of hydrogen-bond acceptors (Lipinski definition) is 3. The molecule has 1 saturated heterocycles. The minimum absolute atomic E-state index is 0. The lowest BCUT2D eigenvalue weighted by Gasteiger charge is -2.35. The summed E-state index contributed by atoms with van der Waals surface area (Å²) >= 11 is 0. The van der Waals surface area contributed by atoms with Crippen LogP contribution in [0.5, 0.6) is 0 Å². The van der Waals surface area contributed by atoms with Crippen LogP contribution in [0.3, 0.4) is 0 Å². The van der Waals surface area contributed by atoms with Crippen molar-refractivity contribution in [1.82, 2.24) is 10.2 Å². The minimum atomic E-state index is 0. The van der Waals surface area contributed by atoms with Crippen LogP contribution in [0.4, 0.5) is 0 Å². The minimum Gasteiger partial charge on any atom is -0.377 e. The van der Waals surface area contributed by atoms with E-state index in [2.05, 4.69) is 70.7 Å². The highest BCUT2D eigenvalue weighted by molar-refractivity contribution is 14.0. The molecule has 2 aromatic rings. The Morgan fingerprint density at radius 3 is 2.59 bits per heavy atom. The zero-order chi connectivity index (χ0) is 19.8. The van der Waals surface area contributed by atoms with E-state index < -0.39 is 0 Å². The number of hydrogen-bond donors (Lipinski definition) is 1. The number of aliphatic imine (C=N–C) groups is 1. The van der Waals surface area contributed by atoms with Gasteiger partial charge in [-0.15, -0.1) is 24.0 Å². The Balaban J connectivity index is 0.00000300. The monoisotopic (exact) mass is 509 g/mol. The lowest BCUT2D eigenvalue weighted by molar-refractivity contribution is -0.00833. The summed E-state index contributed by atoms with van der Waals surface area (Å²) < 4.78 is 11.5. The standard InChI is InChI=1S/C23H31N3O2.HI/c1-4-27-17-20-11-9-19(10-12-20)15-25-23(24-3)26-13-14-28-22(16-26)21-8-6-5-7-18(21)2;/h5-12,22H,4,13-17H2,1-3H3,(H,24,25);1H. The van der Waals surface area contributed by atoms with Gasteiger partial charge in [0.25, 0.3) is 0 Å². The SMILES string of the molecule is CCOCc1ccc(CNC(=NC)N2CCOC(c3ccccc3C)C2)cc1.I. The Labute approximate surface area is 191 Å². The Morgan fingerprint density at radius 1 is 1.17 bits per heavy atom. The van der Waals surface area contributed by atoms with Gasteiger partial charge in [-0.2, -0.15) is 0 Å². The molecule has 1 N–H and O–H groups in total. The number of morpholine rings is 1. The zero-order valence-corrected chi connectivity index (χ0v) is 19.9. The molecule has 0 aromatic heterocycles. The first-order chi connectivity index (χ1) is 13.7. The number of benzene rings is 2. The molecule has 0 radical (unpaired) electrons. The highest BCUT2D eigenvalue weighted by atomic mass is 127. The predicted molar refractivity (Wildman–Crippen MR) is 129 cm³/mol. The molecule has 3 rings (SSSR count). The summed E-state index contributed by atoms with van der Waals surface area (Å²) in [6, 6.07) is 17.0. The van der Waals surface area contributed by atoms with Crippen LogP contribution in [0, 0.1) is 6.92 Å². The lowest BCUT2D eigenvalue weighted by atomic mass is 10.0. The molecule has 1 aliphatic rings. The third-order valence-corrected chi connectivity index (χ3v) is 5.06. The number of rotatable bonds is 6. The van der Waals surface area contributed by atoms with Crippen molar-refractivity contribution in [3.05, 3.63) is 70.8 Å². The molecule has 1 heterocycles. The summed E-state index contributed by atoms with van der Waals surface area (Å²) in [4.78, 5) is 6.77. The summed E-state index contributed by atoms with van der Waals surface area (Å²) in [7, 11) is 1.84. The largest absolute Gasteiger partial charge is 0.377 e. The highest BCUT2D eigenvalue weighted by Crippen LogP contribution is 2.25. The van der Waals surface area contributed by atoms with Gasteiger partial charge in [0.1, 0.15) is 6.10 Å². The van der Waals surface area contributed by atoms with Crippen molar-refractivity contribution in [2.24, 2.45) is 4.99 Å². The number of aryl methyl sites for hydroxylation is 1. The van der Waals surface area contributed by atoms with Gasteiger partial charge in [0.15, 0.2) is 5.96 Å². The van der Waals surface area contributed by atoms with Gasteiger partial charge >= 0.3 is 0 Å². The van der Waals surface area contributed by atoms with E-state index in [4.69, 9.17) is 9.47 Å². The van der Waals surface area contributed by atoms with Crippen LogP contribution in [-0.2, 0) is 22.6 Å². The molecule has 1 aliphatic heterocycles. The number of guanidine groups is 1. The molecule has 1 fully saturated rings. The molecular weight excluding hydrogens is 477 g/mol. The van der Waals surface area contributed by atoms with Crippen LogP contribution in [0.25, 0.3) is 0 Å². The second kappa shape index (κ2) is 12.1. The summed E-state index contributed by atoms with van der Waals surface area (Å²) in [5, 5.41) is 3.49. The van der Waals surface area contributed by atoms with Gasteiger partial charge in [-0.25, -0.2) is 0 Å². The average Bonchev–Trinajstić information content (AvgIpc) is 2.74. The molecule has 1 atom stereocenters. The van der Waals surface area contributed by atoms with E-state index in [9.17, 15) is 0 Å². The summed E-state index contributed by atoms with van der Waals surface area (Å²) in [6.07, 6.45) is 0.0753. The Hall–Kier alpha value is -1.64. The fourth-order valence-electron chi connectivity index (χ4n) is 3.46. The summed E-state index contributed by atoms with van der Waals surface area (Å²) in [6.45, 7) is 8.65. The highest BCUT2D eigenvalue weighted by Gasteiger charge is 2.25. The smallest absolute Gasteiger partial charge is 0.194 e. The molecule has 6 heteroatoms. The molecule has 0 amide bonds. The number of nitrogens with one attached hydrogen (secondary N) is 1. The first-order valence-electron chi connectivity index (χ1n) is 9.99. The molecule has 5 nitrogen and oxygen atoms in total. The molecule has 0 bridgehead atoms. The van der Waals surface area contributed by atoms with E-state index in [1.54, 1.807) is 0 Å². The molecular formula is C23H32IN3O2. The van der Waals surface area contributed by atoms with E-state index in [1.807, 2.05) is 14.0 Å². The number of nitrogens with zero attached hydrogens (tertiary/aromatic N) is 2. The van der Waals surface area contributed by atoms with Gasteiger partial charge in [0.2, 0.25) is 0 Å². The van der Waals surface area contributed by atoms with Gasteiger partial charge in [-0.05, 0) is 36.1 Å². The fraction of sp³-hybridized carbons (Fsp3) is 0.435. The van der Waals surface area contributed by atoms with Gasteiger partial charge in [0, 0.05) is 26.7 Å². The fourth-order valence-corrected chi connectivity index (χ4v) is 3.46. The maximum absolute atomic E-state index is 6.04. The summed E-state index contributed by atoms with van der Waals surface area (Å²) in [5.74, 6) is 0.917. The van der Waals surface area contributed by atoms with Crippen LogP contribution in [-0.4, -0.2) is 44.2 Å². The third-order valence-electron chi connectivity index (χ3n) is 5.06. The van der Waals surface area contributed by atoms with Crippen molar-refractivity contribution in [1.29, 1.82) is 0 Å². The second-order valence-electron chi connectivity index (χ2n) is 7.02. The predicted octanol–water partition coefficient (Wildman–Crippen LogP) is 4.30. The Bertz CT molecular complexity index is 780. The third kappa shape index (κ3) is 6.69. The van der Waals surface area contributed by atoms with E-state index in [1.165, 1.54) is 22.3 Å². The van der Waals surface area contributed by atoms with Gasteiger partial charge < -0.3 is 19.7 Å². The second-order valence-corrected chi connectivity index (χ2v) is 7.02. The van der Waals surface area contributed by atoms with E-state index >= 15 is 0 Å². The number of ether oxygens (including phenoxy) is 2. The van der Waals surface area contributed by atoms with Crippen LogP contribution < -0.4 is 5.32 Å². The molecule has 0 saturated carbocycles. The van der Waals surface area contributed by atoms with Crippen molar-refractivity contribution < 1.29 is 9.47 Å². The van der Waals surface area contributed by atoms with Crippen molar-refractivity contribution >= 4 is 29.9 Å². The zero-order valence-electron chi connectivity index (χ0n) is 17.6. The molecule has 2 aromatic carbocycles. The van der Waals surface area contributed by atoms with Crippen molar-refractivity contribution in [3.63, 3.8) is 0 Å². The van der Waals surface area contributed by atoms with E-state index in [0.29, 0.717) is 13.2 Å². The Kier molecular flexibility index (Phi) is 9.90. The number of halogens is 1.